The fraction of sp³-hybridized carbons (Fsp3) is 0.0345. The van der Waals surface area contributed by atoms with Crippen LogP contribution in [0.5, 0.6) is 0 Å². The molecule has 0 unspecified atom stereocenters. The van der Waals surface area contributed by atoms with Crippen LogP contribution < -0.4 is 0 Å². The van der Waals surface area contributed by atoms with Gasteiger partial charge in [0.15, 0.2) is 0 Å². The molecule has 0 nitrogen and oxygen atoms in total. The predicted molar refractivity (Wildman–Crippen MR) is 252 cm³/mol. The Hall–Kier alpha value is -7.28. The van der Waals surface area contributed by atoms with Gasteiger partial charge >= 0.3 is 0 Å². The molecule has 0 heteroatoms. The van der Waals surface area contributed by atoms with E-state index in [2.05, 4.69) is 257 Å². The molecule has 0 aliphatic heterocycles. The van der Waals surface area contributed by atoms with Gasteiger partial charge in [0, 0.05) is 0 Å². The van der Waals surface area contributed by atoms with Gasteiger partial charge in [0.25, 0.3) is 0 Å². The van der Waals surface area contributed by atoms with Crippen LogP contribution in [0.15, 0.2) is 206 Å². The smallest absolute Gasteiger partial charge is 0.0105 e. The molecule has 8 rings (SSSR count). The van der Waals surface area contributed by atoms with Gasteiger partial charge in [-0.05, 0) is 104 Å². The fourth-order valence-corrected chi connectivity index (χ4v) is 7.34. The second kappa shape index (κ2) is 18.1. The average Bonchev–Trinajstić information content (AvgIpc) is 3.28. The van der Waals surface area contributed by atoms with Gasteiger partial charge in [-0.25, -0.2) is 0 Å². The van der Waals surface area contributed by atoms with Gasteiger partial charge in [0.05, 0.1) is 0 Å². The Morgan fingerprint density at radius 1 is 0.293 bits per heavy atom. The molecule has 0 amide bonds. The van der Waals surface area contributed by atoms with Crippen molar-refractivity contribution in [1.29, 1.82) is 0 Å². The highest BCUT2D eigenvalue weighted by atomic mass is 14.1. The predicted octanol–water partition coefficient (Wildman–Crippen LogP) is 15.5. The van der Waals surface area contributed by atoms with Gasteiger partial charge < -0.3 is 0 Å². The van der Waals surface area contributed by atoms with Crippen molar-refractivity contribution in [2.75, 3.05) is 0 Å². The summed E-state index contributed by atoms with van der Waals surface area (Å²) >= 11 is 0. The third-order valence-corrected chi connectivity index (χ3v) is 10.5. The number of aryl methyl sites for hydroxylation is 2. The molecule has 0 radical (unpaired) electrons. The quantitative estimate of drug-likeness (QED) is 0.116. The van der Waals surface area contributed by atoms with Crippen LogP contribution in [0.4, 0.5) is 0 Å². The Bertz CT molecular complexity index is 2430. The zero-order chi connectivity index (χ0) is 39.5. The normalized spacial score (nSPS) is 11.1. The Balaban J connectivity index is 1.00. The van der Waals surface area contributed by atoms with E-state index in [0.29, 0.717) is 0 Å². The maximum atomic E-state index is 2.32. The molecule has 0 spiro atoms. The van der Waals surface area contributed by atoms with Crippen LogP contribution in [0.2, 0.25) is 0 Å². The second-order valence-electron chi connectivity index (χ2n) is 14.8. The highest BCUT2D eigenvalue weighted by Gasteiger charge is 2.09. The first-order chi connectivity index (χ1) is 28.6. The molecule has 8 aromatic carbocycles. The lowest BCUT2D eigenvalue weighted by Gasteiger charge is -2.11. The minimum atomic E-state index is 1.16. The van der Waals surface area contributed by atoms with Gasteiger partial charge in [-0.15, -0.1) is 0 Å². The number of rotatable bonds is 11. The lowest BCUT2D eigenvalue weighted by Crippen LogP contribution is -1.90. The molecule has 0 saturated carbocycles. The molecule has 0 saturated heterocycles. The Morgan fingerprint density at radius 2 is 0.603 bits per heavy atom. The molecule has 0 heterocycles. The van der Waals surface area contributed by atoms with E-state index in [1.165, 1.54) is 77.9 Å². The van der Waals surface area contributed by atoms with E-state index in [9.17, 15) is 0 Å². The second-order valence-corrected chi connectivity index (χ2v) is 14.8. The Morgan fingerprint density at radius 3 is 0.914 bits per heavy atom. The molecule has 0 bridgehead atoms. The third-order valence-electron chi connectivity index (χ3n) is 10.5. The standard InChI is InChI=1S/C58H46/c1-43-23-31-49(55(39-43)41-57(51-15-7-3-8-16-51)52-17-9-4-10-18-52)37-29-45-25-33-47(34-26-45)48-35-27-46(28-36-48)30-38-50-32-24-44(2)40-56(50)42-58(53-19-11-5-12-20-53)54-21-13-6-14-22-54/h3-42H,1-2H3. The summed E-state index contributed by atoms with van der Waals surface area (Å²) in [5, 5.41) is 0. The van der Waals surface area contributed by atoms with E-state index in [0.717, 1.165) is 11.1 Å². The van der Waals surface area contributed by atoms with Crippen molar-refractivity contribution < 1.29 is 0 Å². The SMILES string of the molecule is Cc1ccc(C=Cc2ccc(-c3ccc(C=Cc4ccc(C)cc4C=C(c4ccccc4)c4ccccc4)cc3)cc2)c(C=C(c2ccccc2)c2ccccc2)c1. The summed E-state index contributed by atoms with van der Waals surface area (Å²) in [5.74, 6) is 0. The van der Waals surface area contributed by atoms with Crippen molar-refractivity contribution in [2.45, 2.75) is 13.8 Å². The number of hydrogen-bond donors (Lipinski definition) is 0. The maximum Gasteiger partial charge on any atom is -0.0105 e. The van der Waals surface area contributed by atoms with Crippen LogP contribution in [0.3, 0.4) is 0 Å². The molecule has 0 aromatic heterocycles. The van der Waals surface area contributed by atoms with Crippen molar-refractivity contribution in [3.8, 4) is 11.1 Å². The first-order valence-electron chi connectivity index (χ1n) is 20.0. The summed E-state index contributed by atoms with van der Waals surface area (Å²) in [6, 6.07) is 73.6. The van der Waals surface area contributed by atoms with E-state index in [1.54, 1.807) is 0 Å². The van der Waals surface area contributed by atoms with Gasteiger partial charge in [-0.1, -0.05) is 242 Å². The van der Waals surface area contributed by atoms with Crippen molar-refractivity contribution in [2.24, 2.45) is 0 Å². The Labute approximate surface area is 344 Å². The van der Waals surface area contributed by atoms with Gasteiger partial charge in [0.2, 0.25) is 0 Å². The highest BCUT2D eigenvalue weighted by molar-refractivity contribution is 5.94. The van der Waals surface area contributed by atoms with Crippen LogP contribution in [-0.2, 0) is 0 Å². The van der Waals surface area contributed by atoms with E-state index in [-0.39, 0.29) is 0 Å². The number of hydrogen-bond acceptors (Lipinski definition) is 0. The summed E-state index contributed by atoms with van der Waals surface area (Å²) in [6.45, 7) is 4.31. The summed E-state index contributed by atoms with van der Waals surface area (Å²) in [6.07, 6.45) is 13.5. The lowest BCUT2D eigenvalue weighted by atomic mass is 9.93. The third kappa shape index (κ3) is 9.39. The highest BCUT2D eigenvalue weighted by Crippen LogP contribution is 2.31. The van der Waals surface area contributed by atoms with Crippen LogP contribution in [0.25, 0.3) is 58.7 Å². The zero-order valence-corrected chi connectivity index (χ0v) is 33.1. The van der Waals surface area contributed by atoms with Crippen LogP contribution >= 0.6 is 0 Å². The summed E-state index contributed by atoms with van der Waals surface area (Å²) in [4.78, 5) is 0. The van der Waals surface area contributed by atoms with E-state index in [4.69, 9.17) is 0 Å². The molecule has 0 aliphatic carbocycles. The van der Waals surface area contributed by atoms with Gasteiger partial charge in [-0.3, -0.25) is 0 Å². The fourth-order valence-electron chi connectivity index (χ4n) is 7.34. The van der Waals surface area contributed by atoms with E-state index in [1.807, 2.05) is 0 Å². The summed E-state index contributed by atoms with van der Waals surface area (Å²) in [5.41, 5.74) is 19.2. The van der Waals surface area contributed by atoms with E-state index < -0.39 is 0 Å². The maximum absolute atomic E-state index is 2.32. The van der Waals surface area contributed by atoms with Crippen LogP contribution in [-0.4, -0.2) is 0 Å². The topological polar surface area (TPSA) is 0 Å². The first kappa shape index (κ1) is 37.6. The largest absolute Gasteiger partial charge is 0.0622 e. The first-order valence-corrected chi connectivity index (χ1v) is 20.0. The van der Waals surface area contributed by atoms with Gasteiger partial charge in [-0.2, -0.15) is 0 Å². The molecule has 0 aliphatic rings. The summed E-state index contributed by atoms with van der Waals surface area (Å²) in [7, 11) is 0. The molecule has 8 aromatic rings. The minimum Gasteiger partial charge on any atom is -0.0622 e. The molecular weight excluding hydrogens is 697 g/mol. The van der Waals surface area contributed by atoms with Crippen molar-refractivity contribution >= 4 is 47.6 Å². The molecular formula is C58H46. The number of benzene rings is 8. The van der Waals surface area contributed by atoms with Crippen LogP contribution in [0.1, 0.15) is 66.8 Å². The van der Waals surface area contributed by atoms with Crippen molar-refractivity contribution in [3.63, 3.8) is 0 Å². The average molecular weight is 743 g/mol. The van der Waals surface area contributed by atoms with Crippen molar-refractivity contribution in [3.05, 3.63) is 273 Å². The molecule has 278 valence electrons. The molecule has 0 fully saturated rings. The monoisotopic (exact) mass is 742 g/mol. The molecule has 0 atom stereocenters. The Kier molecular flexibility index (Phi) is 11.8. The van der Waals surface area contributed by atoms with Gasteiger partial charge in [0.1, 0.15) is 0 Å². The lowest BCUT2D eigenvalue weighted by molar-refractivity contribution is 1.44. The van der Waals surface area contributed by atoms with Crippen molar-refractivity contribution in [1.82, 2.24) is 0 Å². The zero-order valence-electron chi connectivity index (χ0n) is 33.1. The molecule has 0 N–H and O–H groups in total. The minimum absolute atomic E-state index is 1.16. The van der Waals surface area contributed by atoms with E-state index >= 15 is 0 Å². The summed E-state index contributed by atoms with van der Waals surface area (Å²) < 4.78 is 0. The van der Waals surface area contributed by atoms with Crippen LogP contribution in [0, 0.1) is 13.8 Å². The molecule has 58 heavy (non-hydrogen) atoms.